The molecule has 4 nitrogen and oxygen atoms in total. The van der Waals surface area contributed by atoms with Crippen molar-refractivity contribution >= 4 is 16.8 Å². The van der Waals surface area contributed by atoms with Gasteiger partial charge in [0, 0.05) is 36.8 Å². The zero-order chi connectivity index (χ0) is 19.9. The highest BCUT2D eigenvalue weighted by Crippen LogP contribution is 2.24. The van der Waals surface area contributed by atoms with Crippen molar-refractivity contribution < 1.29 is 13.9 Å². The highest BCUT2D eigenvalue weighted by Gasteiger charge is 2.18. The van der Waals surface area contributed by atoms with Crippen LogP contribution in [-0.2, 0) is 22.4 Å². The molecule has 3 aromatic rings. The summed E-state index contributed by atoms with van der Waals surface area (Å²) in [7, 11) is 1.64. The fraction of sp³-hybridized carbons (Fsp3) is 0.348. The van der Waals surface area contributed by atoms with E-state index >= 15 is 0 Å². The third-order valence-corrected chi connectivity index (χ3v) is 5.06. The number of aromatic nitrogens is 1. The van der Waals surface area contributed by atoms with Crippen molar-refractivity contribution in [2.75, 3.05) is 26.8 Å². The monoisotopic (exact) mass is 382 g/mol. The van der Waals surface area contributed by atoms with Gasteiger partial charge in [0.05, 0.1) is 13.0 Å². The largest absolute Gasteiger partial charge is 0.383 e. The lowest BCUT2D eigenvalue weighted by Gasteiger charge is -2.22. The van der Waals surface area contributed by atoms with Gasteiger partial charge in [0.1, 0.15) is 5.82 Å². The molecule has 3 rings (SSSR count). The second-order valence-corrected chi connectivity index (χ2v) is 7.06. The minimum atomic E-state index is -0.292. The standard InChI is InChI=1S/C23H27FN2O2/c1-17-20(21-15-19(24)10-11-22(21)25-17)16-23(27)26(13-14-28-2)12-6-9-18-7-4-3-5-8-18/h3-5,7-8,10-11,15,25H,6,9,12-14,16H2,1-2H3. The van der Waals surface area contributed by atoms with Crippen LogP contribution >= 0.6 is 0 Å². The molecule has 1 aromatic heterocycles. The van der Waals surface area contributed by atoms with Gasteiger partial charge >= 0.3 is 0 Å². The van der Waals surface area contributed by atoms with Gasteiger partial charge in [-0.05, 0) is 49.1 Å². The maximum atomic E-state index is 13.7. The van der Waals surface area contributed by atoms with Crippen molar-refractivity contribution in [1.29, 1.82) is 0 Å². The van der Waals surface area contributed by atoms with Crippen molar-refractivity contribution in [2.24, 2.45) is 0 Å². The van der Waals surface area contributed by atoms with E-state index in [2.05, 4.69) is 17.1 Å². The van der Waals surface area contributed by atoms with Gasteiger partial charge in [-0.25, -0.2) is 4.39 Å². The number of ether oxygens (including phenoxy) is 1. The fourth-order valence-corrected chi connectivity index (χ4v) is 3.53. The van der Waals surface area contributed by atoms with Gasteiger partial charge < -0.3 is 14.6 Å². The molecule has 0 bridgehead atoms. The third kappa shape index (κ3) is 4.98. The van der Waals surface area contributed by atoms with Crippen LogP contribution in [0.2, 0.25) is 0 Å². The number of nitrogens with one attached hydrogen (secondary N) is 1. The summed E-state index contributed by atoms with van der Waals surface area (Å²) in [6.07, 6.45) is 2.07. The Morgan fingerprint density at radius 2 is 1.93 bits per heavy atom. The highest BCUT2D eigenvalue weighted by atomic mass is 19.1. The Labute approximate surface area is 165 Å². The third-order valence-electron chi connectivity index (χ3n) is 5.06. The summed E-state index contributed by atoms with van der Waals surface area (Å²) in [6, 6.07) is 14.9. The number of hydrogen-bond acceptors (Lipinski definition) is 2. The number of fused-ring (bicyclic) bond motifs is 1. The molecule has 1 amide bonds. The number of H-pyrrole nitrogens is 1. The summed E-state index contributed by atoms with van der Waals surface area (Å²) < 4.78 is 18.9. The van der Waals surface area contributed by atoms with Gasteiger partial charge in [-0.15, -0.1) is 0 Å². The first kappa shape index (κ1) is 20.1. The predicted molar refractivity (Wildman–Crippen MR) is 110 cm³/mol. The van der Waals surface area contributed by atoms with Crippen LogP contribution in [0.4, 0.5) is 4.39 Å². The van der Waals surface area contributed by atoms with Crippen molar-refractivity contribution in [2.45, 2.75) is 26.2 Å². The van der Waals surface area contributed by atoms with Gasteiger partial charge in [0.2, 0.25) is 5.91 Å². The Morgan fingerprint density at radius 1 is 1.14 bits per heavy atom. The highest BCUT2D eigenvalue weighted by molar-refractivity contribution is 5.90. The SMILES string of the molecule is COCCN(CCCc1ccccc1)C(=O)Cc1c(C)[nH]c2ccc(F)cc12. The lowest BCUT2D eigenvalue weighted by Crippen LogP contribution is -2.36. The Bertz CT molecular complexity index is 921. The maximum absolute atomic E-state index is 13.7. The van der Waals surface area contributed by atoms with Crippen LogP contribution in [0.15, 0.2) is 48.5 Å². The topological polar surface area (TPSA) is 45.3 Å². The molecule has 0 spiro atoms. The molecule has 1 heterocycles. The lowest BCUT2D eigenvalue weighted by molar-refractivity contribution is -0.131. The number of benzene rings is 2. The lowest BCUT2D eigenvalue weighted by atomic mass is 10.1. The molecule has 0 aliphatic heterocycles. The molecular formula is C23H27FN2O2. The second-order valence-electron chi connectivity index (χ2n) is 7.06. The van der Waals surface area contributed by atoms with E-state index in [-0.39, 0.29) is 18.1 Å². The molecule has 148 valence electrons. The minimum absolute atomic E-state index is 0.0402. The van der Waals surface area contributed by atoms with Crippen LogP contribution in [0.5, 0.6) is 0 Å². The van der Waals surface area contributed by atoms with Gasteiger partial charge in [-0.2, -0.15) is 0 Å². The summed E-state index contributed by atoms with van der Waals surface area (Å²) >= 11 is 0. The molecule has 0 saturated carbocycles. The summed E-state index contributed by atoms with van der Waals surface area (Å²) in [5, 5.41) is 0.779. The van der Waals surface area contributed by atoms with Crippen LogP contribution in [0, 0.1) is 12.7 Å². The quantitative estimate of drug-likeness (QED) is 0.601. The molecule has 0 aliphatic carbocycles. The zero-order valence-corrected chi connectivity index (χ0v) is 16.5. The molecule has 0 radical (unpaired) electrons. The van der Waals surface area contributed by atoms with E-state index in [1.54, 1.807) is 13.2 Å². The number of amides is 1. The number of hydrogen-bond donors (Lipinski definition) is 1. The van der Waals surface area contributed by atoms with E-state index in [0.29, 0.717) is 19.7 Å². The predicted octanol–water partition coefficient (Wildman–Crippen LogP) is 4.27. The number of carbonyl (C=O) groups is 1. The first-order valence-electron chi connectivity index (χ1n) is 9.66. The first-order chi connectivity index (χ1) is 13.6. The van der Waals surface area contributed by atoms with Gasteiger partial charge in [0.15, 0.2) is 0 Å². The zero-order valence-electron chi connectivity index (χ0n) is 16.5. The van der Waals surface area contributed by atoms with E-state index in [9.17, 15) is 9.18 Å². The van der Waals surface area contributed by atoms with Crippen molar-refractivity contribution in [3.05, 3.63) is 71.2 Å². The maximum Gasteiger partial charge on any atom is 0.227 e. The summed E-state index contributed by atoms with van der Waals surface area (Å²) in [4.78, 5) is 18.1. The molecule has 28 heavy (non-hydrogen) atoms. The van der Waals surface area contributed by atoms with E-state index in [1.807, 2.05) is 30.0 Å². The Kier molecular flexibility index (Phi) is 6.82. The number of halogens is 1. The van der Waals surface area contributed by atoms with Crippen molar-refractivity contribution in [3.63, 3.8) is 0 Å². The Balaban J connectivity index is 1.69. The molecule has 1 N–H and O–H groups in total. The Hall–Kier alpha value is -2.66. The van der Waals surface area contributed by atoms with Crippen LogP contribution < -0.4 is 0 Å². The van der Waals surface area contributed by atoms with Crippen molar-refractivity contribution in [1.82, 2.24) is 9.88 Å². The molecule has 0 atom stereocenters. The van der Waals surface area contributed by atoms with Gasteiger partial charge in [0.25, 0.3) is 0 Å². The number of aryl methyl sites for hydroxylation is 2. The molecule has 5 heteroatoms. The van der Waals surface area contributed by atoms with E-state index in [0.717, 1.165) is 35.0 Å². The summed E-state index contributed by atoms with van der Waals surface area (Å²) in [6.45, 7) is 3.65. The molecule has 0 saturated heterocycles. The van der Waals surface area contributed by atoms with Gasteiger partial charge in [-0.1, -0.05) is 30.3 Å². The van der Waals surface area contributed by atoms with E-state index in [1.165, 1.54) is 17.7 Å². The molecule has 0 unspecified atom stereocenters. The number of carbonyl (C=O) groups excluding carboxylic acids is 1. The van der Waals surface area contributed by atoms with Crippen LogP contribution in [0.25, 0.3) is 10.9 Å². The Morgan fingerprint density at radius 3 is 2.68 bits per heavy atom. The second kappa shape index (κ2) is 9.51. The molecule has 0 aliphatic rings. The number of rotatable bonds is 9. The van der Waals surface area contributed by atoms with Crippen LogP contribution in [-0.4, -0.2) is 42.6 Å². The molecule has 0 fully saturated rings. The fourth-order valence-electron chi connectivity index (χ4n) is 3.53. The average Bonchev–Trinajstić information content (AvgIpc) is 3.00. The van der Waals surface area contributed by atoms with Crippen molar-refractivity contribution in [3.8, 4) is 0 Å². The van der Waals surface area contributed by atoms with Gasteiger partial charge in [-0.3, -0.25) is 4.79 Å². The summed E-state index contributed by atoms with van der Waals surface area (Å²) in [5.41, 5.74) is 3.90. The van der Waals surface area contributed by atoms with E-state index < -0.39 is 0 Å². The average molecular weight is 382 g/mol. The normalized spacial score (nSPS) is 11.1. The molecular weight excluding hydrogens is 355 g/mol. The first-order valence-corrected chi connectivity index (χ1v) is 9.66. The smallest absolute Gasteiger partial charge is 0.227 e. The number of methoxy groups -OCH3 is 1. The summed E-state index contributed by atoms with van der Waals surface area (Å²) in [5.74, 6) is -0.252. The van der Waals surface area contributed by atoms with Crippen LogP contribution in [0.1, 0.15) is 23.2 Å². The van der Waals surface area contributed by atoms with E-state index in [4.69, 9.17) is 4.74 Å². The number of aromatic amines is 1. The number of nitrogens with zero attached hydrogens (tertiary/aromatic N) is 1. The minimum Gasteiger partial charge on any atom is -0.383 e. The van der Waals surface area contributed by atoms with Crippen LogP contribution in [0.3, 0.4) is 0 Å². The molecule has 2 aromatic carbocycles.